The molecule has 204 valence electrons. The van der Waals surface area contributed by atoms with Gasteiger partial charge in [-0.25, -0.2) is 13.1 Å². The second-order valence-electron chi connectivity index (χ2n) is 8.17. The van der Waals surface area contributed by atoms with Gasteiger partial charge in [-0.1, -0.05) is 64.4 Å². The number of nitrogens with one attached hydrogen (secondary N) is 1. The Balaban J connectivity index is 0.000000346. The van der Waals surface area contributed by atoms with Crippen molar-refractivity contribution in [1.29, 1.82) is 0 Å². The monoisotopic (exact) mass is 660 g/mol. The molecule has 0 amide bonds. The third kappa shape index (κ3) is 8.82. The summed E-state index contributed by atoms with van der Waals surface area (Å²) in [4.78, 5) is 1.72. The van der Waals surface area contributed by atoms with Gasteiger partial charge in [-0.2, -0.15) is 8.42 Å². The molecule has 0 unspecified atom stereocenters. The first kappa shape index (κ1) is 32.3. The van der Waals surface area contributed by atoms with E-state index >= 15 is 0 Å². The molecular weight excluding hydrogens is 638 g/mol. The molecule has 2 aromatic rings. The van der Waals surface area contributed by atoms with Crippen molar-refractivity contribution in [3.63, 3.8) is 0 Å². The average molecular weight is 663 g/mol. The zero-order chi connectivity index (χ0) is 27.4. The first-order chi connectivity index (χ1) is 16.5. The van der Waals surface area contributed by atoms with Crippen LogP contribution in [0.25, 0.3) is 0 Å². The van der Waals surface area contributed by atoms with Gasteiger partial charge < -0.3 is 5.11 Å². The number of β-amino-alcohol motifs (C(OH)–C–C–N with tert-alkyl or cyclic N) is 1. The fourth-order valence-corrected chi connectivity index (χ4v) is 8.30. The molecule has 0 bridgehead atoms. The van der Waals surface area contributed by atoms with Gasteiger partial charge in [0.05, 0.1) is 25.5 Å². The molecular formula is C20H25Cl5N2O6S3. The molecule has 1 aliphatic heterocycles. The molecule has 3 N–H and O–H groups in total. The summed E-state index contributed by atoms with van der Waals surface area (Å²) in [5, 5.41) is 10.3. The minimum absolute atomic E-state index is 0.0114. The number of hydrogen-bond acceptors (Lipinski definition) is 7. The molecule has 1 aliphatic rings. The van der Waals surface area contributed by atoms with Gasteiger partial charge in [-0.05, 0) is 44.9 Å². The zero-order valence-corrected chi connectivity index (χ0v) is 25.3. The number of likely N-dealkylation sites (tertiary alicyclic amines) is 1. The number of aliphatic hydroxyl groups excluding tert-OH is 1. The number of piperidine rings is 1. The van der Waals surface area contributed by atoms with E-state index in [9.17, 15) is 21.9 Å². The molecule has 0 radical (unpaired) electrons. The molecule has 16 heteroatoms. The van der Waals surface area contributed by atoms with Gasteiger partial charge >= 0.3 is 0 Å². The predicted molar refractivity (Wildman–Crippen MR) is 146 cm³/mol. The van der Waals surface area contributed by atoms with Gasteiger partial charge in [-0.3, -0.25) is 9.45 Å². The smallest absolute Gasteiger partial charge is 0.296 e. The molecule has 8 nitrogen and oxygen atoms in total. The SMILES string of the molecule is C[C@@H]1CCC[C@H](C)N1C[C@@H](O)CNS(=O)(=O)c1ccc(Cl)c(Cl)c1Cl.O=S(=O)(O)c1cc(Cl)sc1Cl. The number of aliphatic hydroxyl groups is 1. The van der Waals surface area contributed by atoms with Crippen LogP contribution in [0, 0.1) is 0 Å². The summed E-state index contributed by atoms with van der Waals surface area (Å²) in [7, 11) is -8.12. The van der Waals surface area contributed by atoms with E-state index in [1.54, 1.807) is 0 Å². The Bertz CT molecular complexity index is 1260. The fourth-order valence-electron chi connectivity index (χ4n) is 3.64. The maximum absolute atomic E-state index is 12.4. The quantitative estimate of drug-likeness (QED) is 0.251. The van der Waals surface area contributed by atoms with Gasteiger partial charge in [0.1, 0.15) is 14.1 Å². The van der Waals surface area contributed by atoms with E-state index in [0.717, 1.165) is 30.2 Å². The number of hydrogen-bond donors (Lipinski definition) is 3. The second kappa shape index (κ2) is 13.5. The first-order valence-corrected chi connectivity index (χ1v) is 16.2. The van der Waals surface area contributed by atoms with Crippen LogP contribution < -0.4 is 4.72 Å². The maximum Gasteiger partial charge on any atom is 0.296 e. The Morgan fingerprint density at radius 1 is 1.03 bits per heavy atom. The van der Waals surface area contributed by atoms with Gasteiger partial charge in [0, 0.05) is 25.2 Å². The lowest BCUT2D eigenvalue weighted by molar-refractivity contribution is 0.0438. The Morgan fingerprint density at radius 3 is 2.08 bits per heavy atom. The number of sulfonamides is 1. The highest BCUT2D eigenvalue weighted by molar-refractivity contribution is 7.89. The van der Waals surface area contributed by atoms with Gasteiger partial charge in [0.25, 0.3) is 10.1 Å². The molecule has 1 saturated heterocycles. The molecule has 0 saturated carbocycles. The Hall–Kier alpha value is 0.110. The molecule has 3 atom stereocenters. The number of nitrogens with zero attached hydrogens (tertiary/aromatic N) is 1. The molecule has 3 rings (SSSR count). The average Bonchev–Trinajstić information content (AvgIpc) is 3.12. The highest BCUT2D eigenvalue weighted by atomic mass is 35.5. The third-order valence-corrected chi connectivity index (χ3v) is 11.0. The number of halogens is 5. The van der Waals surface area contributed by atoms with Crippen molar-refractivity contribution < 1.29 is 26.5 Å². The third-order valence-electron chi connectivity index (χ3n) is 5.50. The molecule has 1 aromatic carbocycles. The first-order valence-electron chi connectivity index (χ1n) is 10.5. The Labute approximate surface area is 240 Å². The minimum Gasteiger partial charge on any atom is -0.390 e. The van der Waals surface area contributed by atoms with Gasteiger partial charge in [0.15, 0.2) is 0 Å². The van der Waals surface area contributed by atoms with Crippen molar-refractivity contribution in [2.75, 3.05) is 13.1 Å². The van der Waals surface area contributed by atoms with Crippen molar-refractivity contribution in [2.45, 2.75) is 61.1 Å². The van der Waals surface area contributed by atoms with Crippen LogP contribution >= 0.6 is 69.3 Å². The lowest BCUT2D eigenvalue weighted by Crippen LogP contribution is -2.49. The van der Waals surface area contributed by atoms with Crippen molar-refractivity contribution in [1.82, 2.24) is 9.62 Å². The summed E-state index contributed by atoms with van der Waals surface area (Å²) in [5.74, 6) is 0. The van der Waals surface area contributed by atoms with Crippen molar-refractivity contribution >= 4 is 89.5 Å². The van der Waals surface area contributed by atoms with E-state index in [1.165, 1.54) is 18.6 Å². The van der Waals surface area contributed by atoms with Crippen molar-refractivity contribution in [2.24, 2.45) is 0 Å². The molecule has 0 aliphatic carbocycles. The highest BCUT2D eigenvalue weighted by Crippen LogP contribution is 2.35. The van der Waals surface area contributed by atoms with Crippen LogP contribution in [0.15, 0.2) is 28.0 Å². The minimum atomic E-state index is -4.22. The van der Waals surface area contributed by atoms with E-state index in [4.69, 9.17) is 62.6 Å². The van der Waals surface area contributed by atoms with Crippen LogP contribution in [-0.2, 0) is 20.1 Å². The van der Waals surface area contributed by atoms with Crippen molar-refractivity contribution in [3.8, 4) is 0 Å². The number of thiophene rings is 1. The summed E-state index contributed by atoms with van der Waals surface area (Å²) in [6.07, 6.45) is 2.53. The largest absolute Gasteiger partial charge is 0.390 e. The van der Waals surface area contributed by atoms with E-state index in [2.05, 4.69) is 23.5 Å². The van der Waals surface area contributed by atoms with Crippen LogP contribution in [0.1, 0.15) is 33.1 Å². The summed E-state index contributed by atoms with van der Waals surface area (Å²) in [6.45, 7) is 4.57. The van der Waals surface area contributed by atoms with Gasteiger partial charge in [0.2, 0.25) is 10.0 Å². The molecule has 1 fully saturated rings. The molecule has 2 heterocycles. The van der Waals surface area contributed by atoms with E-state index in [1.807, 2.05) is 0 Å². The van der Waals surface area contributed by atoms with Crippen LogP contribution in [0.4, 0.5) is 0 Å². The van der Waals surface area contributed by atoms with Crippen LogP contribution in [0.5, 0.6) is 0 Å². The predicted octanol–water partition coefficient (Wildman–Crippen LogP) is 5.85. The Morgan fingerprint density at radius 2 is 1.61 bits per heavy atom. The molecule has 0 spiro atoms. The van der Waals surface area contributed by atoms with Crippen LogP contribution in [0.3, 0.4) is 0 Å². The zero-order valence-electron chi connectivity index (χ0n) is 19.1. The normalized spacial score (nSPS) is 20.0. The van der Waals surface area contributed by atoms with E-state index in [-0.39, 0.29) is 40.1 Å². The standard InChI is InChI=1S/C16H23Cl3N2O3S.C4H2Cl2O3S2/c1-10-4-3-5-11(2)21(10)9-12(22)8-20-25(23,24)14-7-6-13(17)15(18)16(14)19;5-3-1-2(4(6)10-3)11(7,8)9/h6-7,10-12,20,22H,3-5,8-9H2,1-2H3;1H,(H,7,8,9)/t10-,11+,12-;/m0./s1. The molecule has 1 aromatic heterocycles. The topological polar surface area (TPSA) is 124 Å². The number of rotatable bonds is 7. The fraction of sp³-hybridized carbons (Fsp3) is 0.500. The summed E-state index contributed by atoms with van der Waals surface area (Å²) < 4.78 is 56.9. The summed E-state index contributed by atoms with van der Waals surface area (Å²) in [6, 6.07) is 4.51. The van der Waals surface area contributed by atoms with E-state index in [0.29, 0.717) is 18.6 Å². The second-order valence-corrected chi connectivity index (χ2v) is 14.7. The maximum atomic E-state index is 12.4. The lowest BCUT2D eigenvalue weighted by atomic mass is 9.97. The van der Waals surface area contributed by atoms with Crippen molar-refractivity contribution in [3.05, 3.63) is 41.9 Å². The van der Waals surface area contributed by atoms with Crippen LogP contribution in [0.2, 0.25) is 23.7 Å². The summed E-state index contributed by atoms with van der Waals surface area (Å²) >= 11 is 29.5. The summed E-state index contributed by atoms with van der Waals surface area (Å²) in [5.41, 5.74) is 0. The van der Waals surface area contributed by atoms with E-state index < -0.39 is 26.2 Å². The van der Waals surface area contributed by atoms with Gasteiger partial charge in [-0.15, -0.1) is 11.3 Å². The lowest BCUT2D eigenvalue weighted by Gasteiger charge is -2.40. The molecule has 36 heavy (non-hydrogen) atoms. The van der Waals surface area contributed by atoms with Crippen LogP contribution in [-0.4, -0.2) is 62.7 Å². The highest BCUT2D eigenvalue weighted by Gasteiger charge is 2.28. The Kier molecular flexibility index (Phi) is 12.1. The number of benzene rings is 1.